The average Bonchev–Trinajstić information content (AvgIpc) is 2.99. The summed E-state index contributed by atoms with van der Waals surface area (Å²) in [5.41, 5.74) is 0. The molecule has 2 heterocycles. The van der Waals surface area contributed by atoms with Crippen molar-refractivity contribution in [2.24, 2.45) is 0 Å². The lowest BCUT2D eigenvalue weighted by molar-refractivity contribution is 0.411. The van der Waals surface area contributed by atoms with E-state index in [-0.39, 0.29) is 35.8 Å². The lowest BCUT2D eigenvalue weighted by Gasteiger charge is -2.24. The molecule has 0 atom stereocenters. The molecule has 0 aromatic carbocycles. The highest BCUT2D eigenvalue weighted by Gasteiger charge is 2.34. The number of sulfone groups is 2. The molecule has 10 heteroatoms. The molecule has 2 aliphatic rings. The standard InChI is InChI=1S/C12H19N3O5S2/c16-21(17)8-6-15(7-9-21)11-13-14-12(20-11)22(18,19)10-4-2-1-3-5-10/h10H,1-9H2. The zero-order valence-corrected chi connectivity index (χ0v) is 13.8. The Kier molecular flexibility index (Phi) is 4.15. The molecule has 1 aliphatic heterocycles. The largest absolute Gasteiger partial charge is 0.394 e. The predicted octanol–water partition coefficient (Wildman–Crippen LogP) is 0.411. The van der Waals surface area contributed by atoms with Crippen LogP contribution in [0.1, 0.15) is 32.1 Å². The molecule has 2 fully saturated rings. The van der Waals surface area contributed by atoms with Crippen molar-refractivity contribution in [3.63, 3.8) is 0 Å². The Labute approximate surface area is 129 Å². The lowest BCUT2D eigenvalue weighted by atomic mass is 10.0. The number of nitrogens with zero attached hydrogens (tertiary/aromatic N) is 3. The monoisotopic (exact) mass is 349 g/mol. The molecule has 1 aromatic heterocycles. The number of hydrogen-bond donors (Lipinski definition) is 0. The quantitative estimate of drug-likeness (QED) is 0.771. The molecule has 1 aliphatic carbocycles. The van der Waals surface area contributed by atoms with E-state index in [1.807, 2.05) is 0 Å². The van der Waals surface area contributed by atoms with Crippen molar-refractivity contribution in [3.8, 4) is 0 Å². The molecule has 0 bridgehead atoms. The zero-order chi connectivity index (χ0) is 15.8. The Bertz CT molecular complexity index is 721. The Balaban J connectivity index is 1.76. The van der Waals surface area contributed by atoms with E-state index < -0.39 is 24.9 Å². The van der Waals surface area contributed by atoms with Crippen LogP contribution in [0.25, 0.3) is 0 Å². The maximum Gasteiger partial charge on any atom is 0.337 e. The van der Waals surface area contributed by atoms with Crippen LogP contribution in [-0.4, -0.2) is 56.9 Å². The third-order valence-corrected chi connectivity index (χ3v) is 7.86. The molecule has 22 heavy (non-hydrogen) atoms. The van der Waals surface area contributed by atoms with Gasteiger partial charge in [-0.1, -0.05) is 29.5 Å². The van der Waals surface area contributed by atoms with Crippen LogP contribution in [0.3, 0.4) is 0 Å². The maximum atomic E-state index is 12.5. The first-order chi connectivity index (χ1) is 10.4. The zero-order valence-electron chi connectivity index (χ0n) is 12.1. The normalized spacial score (nSPS) is 23.5. The molecule has 0 N–H and O–H groups in total. The number of anilines is 1. The van der Waals surface area contributed by atoms with Gasteiger partial charge < -0.3 is 9.32 Å². The minimum atomic E-state index is -3.59. The smallest absolute Gasteiger partial charge is 0.337 e. The first kappa shape index (κ1) is 15.7. The van der Waals surface area contributed by atoms with Crippen LogP contribution in [-0.2, 0) is 19.7 Å². The first-order valence-corrected chi connectivity index (χ1v) is 10.8. The van der Waals surface area contributed by atoms with E-state index in [4.69, 9.17) is 4.42 Å². The molecule has 1 aromatic rings. The van der Waals surface area contributed by atoms with Gasteiger partial charge in [0, 0.05) is 13.1 Å². The van der Waals surface area contributed by atoms with Crippen LogP contribution >= 0.6 is 0 Å². The third-order valence-electron chi connectivity index (χ3n) is 4.25. The first-order valence-electron chi connectivity index (χ1n) is 7.41. The van der Waals surface area contributed by atoms with Gasteiger partial charge in [0.1, 0.15) is 0 Å². The van der Waals surface area contributed by atoms with Gasteiger partial charge in [-0.3, -0.25) is 0 Å². The second-order valence-electron chi connectivity index (χ2n) is 5.79. The van der Waals surface area contributed by atoms with Crippen LogP contribution in [0.2, 0.25) is 0 Å². The topological polar surface area (TPSA) is 110 Å². The van der Waals surface area contributed by atoms with Crippen molar-refractivity contribution >= 4 is 25.7 Å². The highest BCUT2D eigenvalue weighted by atomic mass is 32.2. The van der Waals surface area contributed by atoms with E-state index in [2.05, 4.69) is 10.2 Å². The molecule has 0 radical (unpaired) electrons. The van der Waals surface area contributed by atoms with E-state index in [9.17, 15) is 16.8 Å². The maximum absolute atomic E-state index is 12.5. The summed E-state index contributed by atoms with van der Waals surface area (Å²) in [4.78, 5) is 1.62. The molecule has 1 saturated heterocycles. The van der Waals surface area contributed by atoms with Crippen LogP contribution in [0.4, 0.5) is 6.01 Å². The van der Waals surface area contributed by atoms with Crippen LogP contribution in [0, 0.1) is 0 Å². The Morgan fingerprint density at radius 1 is 1.05 bits per heavy atom. The van der Waals surface area contributed by atoms with Crippen molar-refractivity contribution < 1.29 is 21.3 Å². The summed E-state index contributed by atoms with van der Waals surface area (Å²) >= 11 is 0. The molecule has 0 amide bonds. The van der Waals surface area contributed by atoms with Crippen molar-refractivity contribution in [1.29, 1.82) is 0 Å². The fraction of sp³-hybridized carbons (Fsp3) is 0.833. The highest BCUT2D eigenvalue weighted by molar-refractivity contribution is 7.92. The Hall–Kier alpha value is -1.16. The summed E-state index contributed by atoms with van der Waals surface area (Å²) in [6, 6.07) is 0.0873. The SMILES string of the molecule is O=S1(=O)CCN(c2nnc(S(=O)(=O)C3CCCCC3)o2)CC1. The van der Waals surface area contributed by atoms with E-state index >= 15 is 0 Å². The van der Waals surface area contributed by atoms with Crippen molar-refractivity contribution in [2.75, 3.05) is 29.5 Å². The fourth-order valence-corrected chi connectivity index (χ4v) is 5.65. The summed E-state index contributed by atoms with van der Waals surface area (Å²) in [7, 11) is -6.60. The summed E-state index contributed by atoms with van der Waals surface area (Å²) in [5, 5.41) is 6.67. The summed E-state index contributed by atoms with van der Waals surface area (Å²) in [6.07, 6.45) is 4.11. The molecule has 8 nitrogen and oxygen atoms in total. The van der Waals surface area contributed by atoms with E-state index in [1.165, 1.54) is 0 Å². The van der Waals surface area contributed by atoms with Crippen LogP contribution < -0.4 is 4.90 Å². The van der Waals surface area contributed by atoms with E-state index in [1.54, 1.807) is 4.90 Å². The van der Waals surface area contributed by atoms with Crippen molar-refractivity contribution in [3.05, 3.63) is 0 Å². The van der Waals surface area contributed by atoms with Gasteiger partial charge in [-0.2, -0.15) is 0 Å². The fourth-order valence-electron chi connectivity index (χ4n) is 2.87. The molecular formula is C12H19N3O5S2. The van der Waals surface area contributed by atoms with Crippen molar-refractivity contribution in [1.82, 2.24) is 10.2 Å². The average molecular weight is 349 g/mol. The second kappa shape index (κ2) is 5.80. The van der Waals surface area contributed by atoms with Crippen molar-refractivity contribution in [2.45, 2.75) is 42.6 Å². The number of aromatic nitrogens is 2. The summed E-state index contributed by atoms with van der Waals surface area (Å²) < 4.78 is 53.1. The molecule has 1 saturated carbocycles. The summed E-state index contributed by atoms with van der Waals surface area (Å²) in [5.74, 6) is 0.0280. The minimum absolute atomic E-state index is 0.0140. The van der Waals surface area contributed by atoms with Gasteiger partial charge in [0.25, 0.3) is 0 Å². The van der Waals surface area contributed by atoms with Gasteiger partial charge in [-0.15, -0.1) is 0 Å². The molecule has 0 unspecified atom stereocenters. The van der Waals surface area contributed by atoms with Gasteiger partial charge >= 0.3 is 11.2 Å². The molecule has 0 spiro atoms. The minimum Gasteiger partial charge on any atom is -0.394 e. The van der Waals surface area contributed by atoms with Crippen LogP contribution in [0.5, 0.6) is 0 Å². The Morgan fingerprint density at radius 3 is 2.32 bits per heavy atom. The van der Waals surface area contributed by atoms with Gasteiger partial charge in [0.05, 0.1) is 16.8 Å². The second-order valence-corrected chi connectivity index (χ2v) is 10.2. The highest BCUT2D eigenvalue weighted by Crippen LogP contribution is 2.29. The summed E-state index contributed by atoms with van der Waals surface area (Å²) in [6.45, 7) is 0.487. The molecular weight excluding hydrogens is 330 g/mol. The van der Waals surface area contributed by atoms with Gasteiger partial charge in [-0.05, 0) is 12.8 Å². The van der Waals surface area contributed by atoms with E-state index in [0.29, 0.717) is 12.8 Å². The van der Waals surface area contributed by atoms with Gasteiger partial charge in [0.2, 0.25) is 9.84 Å². The van der Waals surface area contributed by atoms with Gasteiger partial charge in [-0.25, -0.2) is 16.8 Å². The lowest BCUT2D eigenvalue weighted by Crippen LogP contribution is -2.40. The number of hydrogen-bond acceptors (Lipinski definition) is 8. The van der Waals surface area contributed by atoms with E-state index in [0.717, 1.165) is 19.3 Å². The Morgan fingerprint density at radius 2 is 1.68 bits per heavy atom. The third kappa shape index (κ3) is 3.12. The number of rotatable bonds is 3. The predicted molar refractivity (Wildman–Crippen MR) is 79.2 cm³/mol. The molecule has 3 rings (SSSR count). The van der Waals surface area contributed by atoms with Gasteiger partial charge in [0.15, 0.2) is 9.84 Å². The molecule has 124 valence electrons. The van der Waals surface area contributed by atoms with Crippen LogP contribution in [0.15, 0.2) is 9.64 Å².